The van der Waals surface area contributed by atoms with Gasteiger partial charge in [-0.1, -0.05) is 0 Å². The number of hydrogen-bond donors (Lipinski definition) is 1. The topological polar surface area (TPSA) is 79.0 Å². The van der Waals surface area contributed by atoms with Crippen LogP contribution in [0.15, 0.2) is 18.2 Å². The second kappa shape index (κ2) is 3.45. The van der Waals surface area contributed by atoms with E-state index in [4.69, 9.17) is 5.26 Å². The summed E-state index contributed by atoms with van der Waals surface area (Å²) in [4.78, 5) is 10.1. The fraction of sp³-hybridized carbons (Fsp3) is 0.300. The molecule has 5 nitrogen and oxygen atoms in total. The normalized spacial score (nSPS) is 16.2. The van der Waals surface area contributed by atoms with E-state index in [9.17, 15) is 14.5 Å². The Hall–Kier alpha value is -2.16. The van der Waals surface area contributed by atoms with E-state index >= 15 is 0 Å². The Bertz CT molecular complexity index is 491. The average Bonchev–Trinajstić information content (AvgIpc) is 2.98. The van der Waals surface area contributed by atoms with Gasteiger partial charge in [0.1, 0.15) is 17.0 Å². The fourth-order valence-electron chi connectivity index (χ4n) is 1.42. The van der Waals surface area contributed by atoms with E-state index in [1.165, 1.54) is 0 Å². The Balaban J connectivity index is 2.35. The third-order valence-electron chi connectivity index (χ3n) is 2.49. The molecule has 2 rings (SSSR count). The molecule has 1 fully saturated rings. The summed E-state index contributed by atoms with van der Waals surface area (Å²) in [5.74, 6) is -0.568. The molecule has 1 N–H and O–H groups in total. The van der Waals surface area contributed by atoms with Crippen LogP contribution >= 0.6 is 0 Å². The van der Waals surface area contributed by atoms with Crippen molar-refractivity contribution in [2.75, 3.05) is 5.32 Å². The maximum absolute atomic E-state index is 13.0. The summed E-state index contributed by atoms with van der Waals surface area (Å²) in [5, 5.41) is 22.3. The molecule has 16 heavy (non-hydrogen) atoms. The van der Waals surface area contributed by atoms with Gasteiger partial charge in [-0.25, -0.2) is 4.39 Å². The molecule has 1 aliphatic rings. The third kappa shape index (κ3) is 1.80. The standard InChI is InChI=1S/C10H8FN3O2/c11-7-1-2-9(14(15)16)8(5-7)13-10(6-12)3-4-10/h1-2,5,13H,3-4H2. The molecule has 1 aromatic carbocycles. The molecular weight excluding hydrogens is 213 g/mol. The summed E-state index contributed by atoms with van der Waals surface area (Å²) < 4.78 is 13.0. The van der Waals surface area contributed by atoms with Crippen LogP contribution in [0.5, 0.6) is 0 Å². The number of nitro groups is 1. The van der Waals surface area contributed by atoms with Gasteiger partial charge in [0.05, 0.1) is 11.0 Å². The lowest BCUT2D eigenvalue weighted by atomic mass is 10.2. The molecule has 0 radical (unpaired) electrons. The van der Waals surface area contributed by atoms with Gasteiger partial charge in [-0.05, 0) is 18.9 Å². The van der Waals surface area contributed by atoms with E-state index in [2.05, 4.69) is 5.32 Å². The summed E-state index contributed by atoms with van der Waals surface area (Å²) in [6.07, 6.45) is 1.24. The molecule has 0 aromatic heterocycles. The summed E-state index contributed by atoms with van der Waals surface area (Å²) >= 11 is 0. The van der Waals surface area contributed by atoms with Gasteiger partial charge in [0, 0.05) is 12.1 Å². The van der Waals surface area contributed by atoms with Crippen LogP contribution in [0.3, 0.4) is 0 Å². The van der Waals surface area contributed by atoms with E-state index in [1.807, 2.05) is 6.07 Å². The number of nitrogens with one attached hydrogen (secondary N) is 1. The van der Waals surface area contributed by atoms with E-state index < -0.39 is 16.3 Å². The Morgan fingerprint density at radius 1 is 1.56 bits per heavy atom. The summed E-state index contributed by atoms with van der Waals surface area (Å²) in [6, 6.07) is 5.18. The van der Waals surface area contributed by atoms with Crippen LogP contribution in [-0.2, 0) is 0 Å². The molecule has 1 aromatic rings. The Labute approximate surface area is 90.6 Å². The number of anilines is 1. The van der Waals surface area contributed by atoms with E-state index in [-0.39, 0.29) is 11.4 Å². The second-order valence-electron chi connectivity index (χ2n) is 3.74. The quantitative estimate of drug-likeness (QED) is 0.626. The van der Waals surface area contributed by atoms with Crippen molar-refractivity contribution in [3.8, 4) is 6.07 Å². The van der Waals surface area contributed by atoms with Crippen molar-refractivity contribution in [1.29, 1.82) is 5.26 Å². The highest BCUT2D eigenvalue weighted by Gasteiger charge is 2.44. The highest BCUT2D eigenvalue weighted by Crippen LogP contribution is 2.40. The molecule has 0 bridgehead atoms. The number of nitriles is 1. The first-order chi connectivity index (χ1) is 7.56. The zero-order chi connectivity index (χ0) is 11.8. The molecule has 82 valence electrons. The number of nitrogens with zero attached hydrogens (tertiary/aromatic N) is 2. The van der Waals surface area contributed by atoms with E-state index in [0.29, 0.717) is 12.8 Å². The zero-order valence-corrected chi connectivity index (χ0v) is 8.24. The maximum Gasteiger partial charge on any atom is 0.292 e. The second-order valence-corrected chi connectivity index (χ2v) is 3.74. The predicted octanol–water partition coefficient (Wildman–Crippen LogP) is 2.20. The first kappa shape index (κ1) is 10.4. The lowest BCUT2D eigenvalue weighted by Gasteiger charge is -2.10. The number of halogens is 1. The molecule has 0 atom stereocenters. The Kier molecular flexibility index (Phi) is 2.23. The van der Waals surface area contributed by atoms with Gasteiger partial charge < -0.3 is 5.32 Å². The van der Waals surface area contributed by atoms with Crippen LogP contribution in [0, 0.1) is 27.3 Å². The molecule has 0 saturated heterocycles. The van der Waals surface area contributed by atoms with Gasteiger partial charge in [-0.3, -0.25) is 10.1 Å². The number of hydrogen-bond acceptors (Lipinski definition) is 4. The lowest BCUT2D eigenvalue weighted by Crippen LogP contribution is -2.19. The molecule has 1 saturated carbocycles. The molecule has 0 spiro atoms. The highest BCUT2D eigenvalue weighted by atomic mass is 19.1. The van der Waals surface area contributed by atoms with Crippen LogP contribution in [0.1, 0.15) is 12.8 Å². The SMILES string of the molecule is N#CC1(Nc2cc(F)ccc2[N+](=O)[O-])CC1. The molecular formula is C10H8FN3O2. The van der Waals surface area contributed by atoms with Gasteiger partial charge in [-0.2, -0.15) is 5.26 Å². The van der Waals surface area contributed by atoms with Crippen LogP contribution in [0.4, 0.5) is 15.8 Å². The van der Waals surface area contributed by atoms with Crippen LogP contribution in [0.25, 0.3) is 0 Å². The van der Waals surface area contributed by atoms with E-state index in [0.717, 1.165) is 18.2 Å². The molecule has 6 heteroatoms. The molecule has 0 aliphatic heterocycles. The number of benzene rings is 1. The summed E-state index contributed by atoms with van der Waals surface area (Å²) in [7, 11) is 0. The largest absolute Gasteiger partial charge is 0.362 e. The lowest BCUT2D eigenvalue weighted by molar-refractivity contribution is -0.384. The monoisotopic (exact) mass is 221 g/mol. The average molecular weight is 221 g/mol. The van der Waals surface area contributed by atoms with Crippen molar-refractivity contribution in [3.05, 3.63) is 34.1 Å². The van der Waals surface area contributed by atoms with Crippen LogP contribution in [0.2, 0.25) is 0 Å². The van der Waals surface area contributed by atoms with Crippen LogP contribution in [-0.4, -0.2) is 10.5 Å². The molecule has 1 aliphatic carbocycles. The Morgan fingerprint density at radius 2 is 2.25 bits per heavy atom. The van der Waals surface area contributed by atoms with Crippen molar-refractivity contribution in [2.24, 2.45) is 0 Å². The minimum Gasteiger partial charge on any atom is -0.362 e. The number of rotatable bonds is 3. The smallest absolute Gasteiger partial charge is 0.292 e. The van der Waals surface area contributed by atoms with Crippen molar-refractivity contribution in [2.45, 2.75) is 18.4 Å². The minimum atomic E-state index is -0.751. The van der Waals surface area contributed by atoms with Crippen molar-refractivity contribution in [3.63, 3.8) is 0 Å². The molecule has 0 heterocycles. The van der Waals surface area contributed by atoms with E-state index in [1.54, 1.807) is 0 Å². The van der Waals surface area contributed by atoms with Crippen molar-refractivity contribution in [1.82, 2.24) is 0 Å². The van der Waals surface area contributed by atoms with Crippen LogP contribution < -0.4 is 5.32 Å². The zero-order valence-electron chi connectivity index (χ0n) is 8.24. The number of nitro benzene ring substituents is 1. The fourth-order valence-corrected chi connectivity index (χ4v) is 1.42. The van der Waals surface area contributed by atoms with Gasteiger partial charge in [0.15, 0.2) is 0 Å². The minimum absolute atomic E-state index is 0.0593. The maximum atomic E-state index is 13.0. The third-order valence-corrected chi connectivity index (χ3v) is 2.49. The summed E-state index contributed by atoms with van der Waals surface area (Å²) in [5.41, 5.74) is -0.912. The Morgan fingerprint density at radius 3 is 2.75 bits per heavy atom. The van der Waals surface area contributed by atoms with Gasteiger partial charge in [0.2, 0.25) is 0 Å². The highest BCUT2D eigenvalue weighted by molar-refractivity contribution is 5.64. The van der Waals surface area contributed by atoms with Crippen molar-refractivity contribution >= 4 is 11.4 Å². The van der Waals surface area contributed by atoms with Gasteiger partial charge in [0.25, 0.3) is 5.69 Å². The predicted molar refractivity (Wildman–Crippen MR) is 54.3 cm³/mol. The molecule has 0 unspecified atom stereocenters. The van der Waals surface area contributed by atoms with Gasteiger partial charge in [-0.15, -0.1) is 0 Å². The first-order valence-corrected chi connectivity index (χ1v) is 4.70. The summed E-state index contributed by atoms with van der Waals surface area (Å²) in [6.45, 7) is 0. The van der Waals surface area contributed by atoms with Gasteiger partial charge >= 0.3 is 0 Å². The van der Waals surface area contributed by atoms with Crippen molar-refractivity contribution < 1.29 is 9.31 Å². The first-order valence-electron chi connectivity index (χ1n) is 4.70. The molecule has 0 amide bonds.